The van der Waals surface area contributed by atoms with E-state index in [0.29, 0.717) is 22.8 Å². The smallest absolute Gasteiger partial charge is 0.354 e. The molecule has 0 spiro atoms. The lowest BCUT2D eigenvalue weighted by atomic mass is 9.84. The highest BCUT2D eigenvalue weighted by Gasteiger charge is 2.29. The van der Waals surface area contributed by atoms with Gasteiger partial charge in [0.05, 0.1) is 22.6 Å². The van der Waals surface area contributed by atoms with Gasteiger partial charge in [0.25, 0.3) is 0 Å². The average Bonchev–Trinajstić information content (AvgIpc) is 2.67. The summed E-state index contributed by atoms with van der Waals surface area (Å²) in [6.07, 6.45) is 0. The second-order valence-corrected chi connectivity index (χ2v) is 7.30. The van der Waals surface area contributed by atoms with Crippen molar-refractivity contribution in [3.8, 4) is 11.3 Å². The Morgan fingerprint density at radius 3 is 2.34 bits per heavy atom. The molecule has 3 aromatic heterocycles. The van der Waals surface area contributed by atoms with Gasteiger partial charge in [-0.15, -0.1) is 0 Å². The Hall–Kier alpha value is -3.42. The molecule has 0 saturated carbocycles. The van der Waals surface area contributed by atoms with E-state index in [1.165, 1.54) is 12.1 Å². The van der Waals surface area contributed by atoms with E-state index in [0.717, 1.165) is 6.07 Å². The van der Waals surface area contributed by atoms with Gasteiger partial charge < -0.3 is 10.0 Å². The van der Waals surface area contributed by atoms with Crippen molar-refractivity contribution in [2.24, 2.45) is 0 Å². The van der Waals surface area contributed by atoms with Gasteiger partial charge in [-0.3, -0.25) is 4.98 Å². The molecule has 0 aliphatic carbocycles. The van der Waals surface area contributed by atoms with Gasteiger partial charge in [0.15, 0.2) is 5.69 Å². The van der Waals surface area contributed by atoms with Crippen LogP contribution in [0.15, 0.2) is 42.5 Å². The molecule has 0 aliphatic rings. The van der Waals surface area contributed by atoms with Gasteiger partial charge in [0.1, 0.15) is 0 Å². The molecule has 6 nitrogen and oxygen atoms in total. The Morgan fingerprint density at radius 1 is 1.00 bits per heavy atom. The van der Waals surface area contributed by atoms with Crippen LogP contribution in [0, 0.1) is 11.9 Å². The quantitative estimate of drug-likeness (QED) is 0.657. The van der Waals surface area contributed by atoms with E-state index >= 15 is 0 Å². The number of hydrogen-bond donors (Lipinski definition) is 1. The highest BCUT2D eigenvalue weighted by molar-refractivity contribution is 5.86. The predicted molar refractivity (Wildman–Crippen MR) is 105 cm³/mol. The molecule has 1 N–H and O–H groups in total. The third-order valence-corrected chi connectivity index (χ3v) is 4.67. The highest BCUT2D eigenvalue weighted by Crippen LogP contribution is 2.33. The molecule has 8 heteroatoms. The normalized spacial score (nSPS) is 11.4. The summed E-state index contributed by atoms with van der Waals surface area (Å²) in [4.78, 5) is 25.3. The van der Waals surface area contributed by atoms with Crippen molar-refractivity contribution in [3.63, 3.8) is 0 Å². The van der Waals surface area contributed by atoms with Crippen LogP contribution in [0.2, 0.25) is 0 Å². The molecule has 150 valence electrons. The van der Waals surface area contributed by atoms with Gasteiger partial charge in [0, 0.05) is 25.2 Å². The molecular weight excluding hydrogens is 378 g/mol. The van der Waals surface area contributed by atoms with E-state index in [4.69, 9.17) is 0 Å². The summed E-state index contributed by atoms with van der Waals surface area (Å²) >= 11 is 0. The first-order valence-corrected chi connectivity index (χ1v) is 8.82. The molecule has 0 unspecified atom stereocenters. The molecule has 0 amide bonds. The summed E-state index contributed by atoms with van der Waals surface area (Å²) in [5.74, 6) is -2.99. The molecule has 29 heavy (non-hydrogen) atoms. The van der Waals surface area contributed by atoms with Gasteiger partial charge in [-0.2, -0.15) is 13.8 Å². The molecule has 0 aliphatic heterocycles. The largest absolute Gasteiger partial charge is 0.477 e. The second kappa shape index (κ2) is 7.54. The molecule has 3 heterocycles. The number of halogens is 2. The van der Waals surface area contributed by atoms with Crippen molar-refractivity contribution in [3.05, 3.63) is 71.4 Å². The number of nitrogens with zero attached hydrogens (tertiary/aromatic N) is 4. The maximum atomic E-state index is 14.1. The first-order valence-electron chi connectivity index (χ1n) is 8.82. The molecule has 0 atom stereocenters. The third kappa shape index (κ3) is 4.06. The maximum Gasteiger partial charge on any atom is 0.354 e. The molecule has 0 saturated heterocycles. The molecule has 0 bridgehead atoms. The Kier molecular flexibility index (Phi) is 5.28. The van der Waals surface area contributed by atoms with Gasteiger partial charge in [-0.05, 0) is 50.2 Å². The summed E-state index contributed by atoms with van der Waals surface area (Å²) in [7, 11) is 3.61. The Labute approximate surface area is 166 Å². The van der Waals surface area contributed by atoms with Gasteiger partial charge in [-0.1, -0.05) is 6.07 Å². The predicted octanol–water partition coefficient (Wildman–Crippen LogP) is 3.91. The lowest BCUT2D eigenvalue weighted by Crippen LogP contribution is -2.24. The van der Waals surface area contributed by atoms with Crippen molar-refractivity contribution in [1.82, 2.24) is 15.0 Å². The van der Waals surface area contributed by atoms with E-state index in [2.05, 4.69) is 15.0 Å². The van der Waals surface area contributed by atoms with E-state index in [-0.39, 0.29) is 11.3 Å². The fourth-order valence-electron chi connectivity index (χ4n) is 2.87. The van der Waals surface area contributed by atoms with Crippen LogP contribution < -0.4 is 4.90 Å². The summed E-state index contributed by atoms with van der Waals surface area (Å²) < 4.78 is 27.2. The van der Waals surface area contributed by atoms with Crippen LogP contribution >= 0.6 is 0 Å². The van der Waals surface area contributed by atoms with Crippen molar-refractivity contribution in [1.29, 1.82) is 0 Å². The lowest BCUT2D eigenvalue weighted by Gasteiger charge is -2.26. The number of carboxylic acids is 1. The Bertz CT molecular complexity index is 1080. The van der Waals surface area contributed by atoms with Crippen LogP contribution in [0.4, 0.5) is 14.5 Å². The molecular formula is C21H20F2N4O2. The van der Waals surface area contributed by atoms with Crippen molar-refractivity contribution < 1.29 is 18.7 Å². The molecule has 0 radical (unpaired) electrons. The molecule has 0 fully saturated rings. The van der Waals surface area contributed by atoms with Crippen LogP contribution in [0.5, 0.6) is 0 Å². The molecule has 3 aromatic rings. The number of hydrogen-bond acceptors (Lipinski definition) is 5. The number of rotatable bonds is 5. The van der Waals surface area contributed by atoms with Crippen LogP contribution in [-0.2, 0) is 5.41 Å². The van der Waals surface area contributed by atoms with E-state index in [1.807, 2.05) is 13.8 Å². The van der Waals surface area contributed by atoms with Gasteiger partial charge in [0.2, 0.25) is 11.9 Å². The molecule has 0 aromatic carbocycles. The van der Waals surface area contributed by atoms with Crippen LogP contribution in [0.3, 0.4) is 0 Å². The fraction of sp³-hybridized carbons (Fsp3) is 0.238. The zero-order valence-electron chi connectivity index (χ0n) is 16.4. The Balaban J connectivity index is 2.12. The zero-order valence-corrected chi connectivity index (χ0v) is 16.4. The standard InChI is InChI=1S/C21H20F2N4O2/c1-21(2,17-11-12(27(3)4)10-15(25-17)20(28)29)16-7-5-6-14(24-16)13-8-9-18(22)26-19(13)23/h5-11H,1-4H3,(H,28,29). The topological polar surface area (TPSA) is 79.2 Å². The minimum Gasteiger partial charge on any atom is -0.477 e. The summed E-state index contributed by atoms with van der Waals surface area (Å²) in [6.45, 7) is 3.71. The first kappa shape index (κ1) is 20.3. The number of carboxylic acid groups (broad SMARTS) is 1. The number of carbonyl (C=O) groups is 1. The van der Waals surface area contributed by atoms with E-state index in [9.17, 15) is 18.7 Å². The molecule has 3 rings (SSSR count). The maximum absolute atomic E-state index is 14.1. The summed E-state index contributed by atoms with van der Waals surface area (Å²) in [6, 6.07) is 10.7. The zero-order chi connectivity index (χ0) is 21.3. The minimum atomic E-state index is -1.13. The van der Waals surface area contributed by atoms with Crippen LogP contribution in [-0.4, -0.2) is 40.1 Å². The highest BCUT2D eigenvalue weighted by atomic mass is 19.1. The number of aromatic nitrogens is 3. The average molecular weight is 398 g/mol. The first-order chi connectivity index (χ1) is 13.6. The van der Waals surface area contributed by atoms with Crippen LogP contribution in [0.25, 0.3) is 11.3 Å². The lowest BCUT2D eigenvalue weighted by molar-refractivity contribution is 0.0690. The fourth-order valence-corrected chi connectivity index (χ4v) is 2.87. The van der Waals surface area contributed by atoms with E-state index in [1.54, 1.807) is 43.3 Å². The SMILES string of the molecule is CN(C)c1cc(C(=O)O)nc(C(C)(C)c2cccc(-c3ccc(F)nc3F)n2)c1. The van der Waals surface area contributed by atoms with Crippen molar-refractivity contribution >= 4 is 11.7 Å². The van der Waals surface area contributed by atoms with Crippen molar-refractivity contribution in [2.75, 3.05) is 19.0 Å². The second-order valence-electron chi connectivity index (χ2n) is 7.30. The minimum absolute atomic E-state index is 0.0743. The summed E-state index contributed by atoms with van der Waals surface area (Å²) in [5.41, 5.74) is 1.25. The monoisotopic (exact) mass is 398 g/mol. The van der Waals surface area contributed by atoms with Gasteiger partial charge >= 0.3 is 5.97 Å². The number of pyridine rings is 3. The third-order valence-electron chi connectivity index (χ3n) is 4.67. The number of anilines is 1. The van der Waals surface area contributed by atoms with Crippen LogP contribution in [0.1, 0.15) is 35.7 Å². The Morgan fingerprint density at radius 2 is 1.72 bits per heavy atom. The number of aromatic carboxylic acids is 1. The van der Waals surface area contributed by atoms with Gasteiger partial charge in [-0.25, -0.2) is 9.78 Å². The van der Waals surface area contributed by atoms with Crippen molar-refractivity contribution in [2.45, 2.75) is 19.3 Å². The van der Waals surface area contributed by atoms with E-state index < -0.39 is 23.3 Å². The summed E-state index contributed by atoms with van der Waals surface area (Å²) in [5, 5.41) is 9.42.